The minimum absolute atomic E-state index is 0.212. The van der Waals surface area contributed by atoms with Crippen LogP contribution in [0, 0.1) is 0 Å². The highest BCUT2D eigenvalue weighted by Crippen LogP contribution is 1.73. The van der Waals surface area contributed by atoms with E-state index in [1.165, 1.54) is 12.3 Å². The van der Waals surface area contributed by atoms with Crippen molar-refractivity contribution in [3.8, 4) is 0 Å². The number of thiol groups is 1. The van der Waals surface area contributed by atoms with E-state index in [0.717, 1.165) is 4.09 Å². The van der Waals surface area contributed by atoms with Crippen molar-refractivity contribution in [3.05, 3.63) is 28.7 Å². The van der Waals surface area contributed by atoms with E-state index in [2.05, 4.69) is 17.9 Å². The topological polar surface area (TPSA) is 34.9 Å². The highest BCUT2D eigenvalue weighted by molar-refractivity contribution is 7.78. The molecule has 4 heteroatoms. The third kappa shape index (κ3) is 0.894. The van der Waals surface area contributed by atoms with Crippen molar-refractivity contribution >= 4 is 12.8 Å². The molecule has 1 rings (SSSR count). The Balaban J connectivity index is 3.35. The Bertz CT molecular complexity index is 231. The van der Waals surface area contributed by atoms with Gasteiger partial charge in [-0.25, -0.2) is 0 Å². The van der Waals surface area contributed by atoms with Gasteiger partial charge in [0.15, 0.2) is 0 Å². The Morgan fingerprint density at radius 2 is 2.50 bits per heavy atom. The Morgan fingerprint density at radius 1 is 1.75 bits per heavy atom. The minimum atomic E-state index is -0.212. The van der Waals surface area contributed by atoms with Crippen molar-refractivity contribution in [1.29, 1.82) is 0 Å². The van der Waals surface area contributed by atoms with Crippen molar-refractivity contribution in [2.45, 2.75) is 0 Å². The molecule has 0 radical (unpaired) electrons. The molecule has 8 heavy (non-hydrogen) atoms. The molecule has 0 spiro atoms. The predicted molar refractivity (Wildman–Crippen MR) is 32.9 cm³/mol. The summed E-state index contributed by atoms with van der Waals surface area (Å²) in [6.07, 6.45) is 1.49. The van der Waals surface area contributed by atoms with Crippen molar-refractivity contribution in [3.63, 3.8) is 0 Å². The third-order valence-electron chi connectivity index (χ3n) is 0.698. The molecule has 0 atom stereocenters. The van der Waals surface area contributed by atoms with Crippen molar-refractivity contribution in [2.24, 2.45) is 0 Å². The zero-order valence-corrected chi connectivity index (χ0v) is 4.88. The molecule has 0 unspecified atom stereocenters. The van der Waals surface area contributed by atoms with Crippen LogP contribution in [0.25, 0.3) is 0 Å². The van der Waals surface area contributed by atoms with Gasteiger partial charge in [-0.3, -0.25) is 4.79 Å². The number of aromatic nitrogens is 2. The molecule has 0 amide bonds. The monoisotopic (exact) mass is 128 g/mol. The van der Waals surface area contributed by atoms with Crippen LogP contribution in [0.4, 0.5) is 0 Å². The molecule has 0 fully saturated rings. The molecule has 1 aromatic rings. The van der Waals surface area contributed by atoms with Gasteiger partial charge in [0.1, 0.15) is 0 Å². The fraction of sp³-hybridized carbons (Fsp3) is 0. The van der Waals surface area contributed by atoms with Crippen LogP contribution in [-0.4, -0.2) is 9.19 Å². The molecular weight excluding hydrogens is 124 g/mol. The summed E-state index contributed by atoms with van der Waals surface area (Å²) in [4.78, 5) is 10.4. The van der Waals surface area contributed by atoms with E-state index < -0.39 is 0 Å². The summed E-state index contributed by atoms with van der Waals surface area (Å²) >= 11 is 3.69. The molecule has 0 aliphatic rings. The van der Waals surface area contributed by atoms with Gasteiger partial charge in [-0.1, -0.05) is 0 Å². The lowest BCUT2D eigenvalue weighted by atomic mass is 10.6. The lowest BCUT2D eigenvalue weighted by molar-refractivity contribution is 0.926. The molecule has 0 saturated heterocycles. The van der Waals surface area contributed by atoms with Crippen LogP contribution in [0.1, 0.15) is 0 Å². The first-order valence-electron chi connectivity index (χ1n) is 2.04. The molecule has 0 saturated carbocycles. The summed E-state index contributed by atoms with van der Waals surface area (Å²) in [6, 6.07) is 2.95. The molecule has 1 aromatic heterocycles. The Morgan fingerprint density at radius 3 is 2.88 bits per heavy atom. The Hall–Kier alpha value is -0.770. The van der Waals surface area contributed by atoms with E-state index in [0.29, 0.717) is 0 Å². The standard InChI is InChI=1S/C4H4N2OS/c7-4-2-1-3-5-6(4)8/h1-3,8H. The predicted octanol–water partition coefficient (Wildman–Crippen LogP) is -0.0638. The van der Waals surface area contributed by atoms with E-state index in [-0.39, 0.29) is 5.56 Å². The van der Waals surface area contributed by atoms with Gasteiger partial charge in [-0.15, -0.1) is 0 Å². The summed E-state index contributed by atoms with van der Waals surface area (Å²) in [7, 11) is 0. The maximum Gasteiger partial charge on any atom is 0.276 e. The van der Waals surface area contributed by atoms with Crippen molar-refractivity contribution in [1.82, 2.24) is 9.19 Å². The van der Waals surface area contributed by atoms with Crippen LogP contribution in [0.15, 0.2) is 23.1 Å². The first-order valence-corrected chi connectivity index (χ1v) is 2.44. The van der Waals surface area contributed by atoms with Gasteiger partial charge in [-0.2, -0.15) is 9.19 Å². The first kappa shape index (κ1) is 5.37. The van der Waals surface area contributed by atoms with E-state index in [1.54, 1.807) is 6.07 Å². The van der Waals surface area contributed by atoms with Crippen LogP contribution in [0.3, 0.4) is 0 Å². The minimum Gasteiger partial charge on any atom is -0.267 e. The van der Waals surface area contributed by atoms with Gasteiger partial charge in [0.05, 0.1) is 0 Å². The van der Waals surface area contributed by atoms with Gasteiger partial charge < -0.3 is 0 Å². The molecule has 3 nitrogen and oxygen atoms in total. The van der Waals surface area contributed by atoms with E-state index >= 15 is 0 Å². The molecule has 0 aliphatic heterocycles. The lowest BCUT2D eigenvalue weighted by Crippen LogP contribution is -2.12. The zero-order chi connectivity index (χ0) is 5.98. The third-order valence-corrected chi connectivity index (χ3v) is 0.998. The number of nitrogens with zero attached hydrogens (tertiary/aromatic N) is 2. The maximum atomic E-state index is 10.4. The zero-order valence-electron chi connectivity index (χ0n) is 3.98. The largest absolute Gasteiger partial charge is 0.276 e. The highest BCUT2D eigenvalue weighted by atomic mass is 32.1. The highest BCUT2D eigenvalue weighted by Gasteiger charge is 1.82. The average Bonchev–Trinajstić information content (AvgIpc) is 1.77. The van der Waals surface area contributed by atoms with E-state index in [1.807, 2.05) is 0 Å². The first-order chi connectivity index (χ1) is 3.80. The fourth-order valence-electron chi connectivity index (χ4n) is 0.351. The Kier molecular flexibility index (Phi) is 1.34. The van der Waals surface area contributed by atoms with Crippen LogP contribution in [0.2, 0.25) is 0 Å². The van der Waals surface area contributed by atoms with Crippen LogP contribution in [-0.2, 0) is 0 Å². The van der Waals surface area contributed by atoms with Gasteiger partial charge in [-0.05, 0) is 18.9 Å². The molecule has 0 bridgehead atoms. The summed E-state index contributed by atoms with van der Waals surface area (Å²) in [5, 5.41) is 3.55. The molecule has 0 aromatic carbocycles. The van der Waals surface area contributed by atoms with Crippen LogP contribution < -0.4 is 5.56 Å². The second-order valence-corrected chi connectivity index (χ2v) is 1.63. The Labute approximate surface area is 51.5 Å². The lowest BCUT2D eigenvalue weighted by Gasteiger charge is -1.86. The van der Waals surface area contributed by atoms with Gasteiger partial charge in [0.25, 0.3) is 5.56 Å². The van der Waals surface area contributed by atoms with Crippen LogP contribution >= 0.6 is 12.8 Å². The second-order valence-electron chi connectivity index (χ2n) is 1.25. The van der Waals surface area contributed by atoms with E-state index in [4.69, 9.17) is 0 Å². The molecule has 0 N–H and O–H groups in total. The molecule has 1 heterocycles. The number of hydrogen-bond donors (Lipinski definition) is 1. The van der Waals surface area contributed by atoms with Gasteiger partial charge in [0.2, 0.25) is 0 Å². The summed E-state index contributed by atoms with van der Waals surface area (Å²) < 4.78 is 0.972. The smallest absolute Gasteiger partial charge is 0.267 e. The number of rotatable bonds is 0. The summed E-state index contributed by atoms with van der Waals surface area (Å²) in [5.41, 5.74) is -0.212. The van der Waals surface area contributed by atoms with Crippen molar-refractivity contribution in [2.75, 3.05) is 0 Å². The molecule has 0 aliphatic carbocycles. The molecule has 42 valence electrons. The average molecular weight is 128 g/mol. The molecular formula is C4H4N2OS. The van der Waals surface area contributed by atoms with Crippen LogP contribution in [0.5, 0.6) is 0 Å². The normalized spacial score (nSPS) is 9.12. The van der Waals surface area contributed by atoms with E-state index in [9.17, 15) is 4.79 Å². The summed E-state index contributed by atoms with van der Waals surface area (Å²) in [5.74, 6) is 0. The van der Waals surface area contributed by atoms with Crippen molar-refractivity contribution < 1.29 is 0 Å². The summed E-state index contributed by atoms with van der Waals surface area (Å²) in [6.45, 7) is 0. The fourth-order valence-corrected chi connectivity index (χ4v) is 0.477. The van der Waals surface area contributed by atoms with Gasteiger partial charge in [0, 0.05) is 12.3 Å². The quantitative estimate of drug-likeness (QED) is 0.496. The second kappa shape index (κ2) is 2.00. The number of hydrogen-bond acceptors (Lipinski definition) is 3. The van der Waals surface area contributed by atoms with Gasteiger partial charge >= 0.3 is 0 Å². The maximum absolute atomic E-state index is 10.4. The SMILES string of the molecule is O=c1cccnn1S.